The van der Waals surface area contributed by atoms with Crippen molar-refractivity contribution in [1.29, 1.82) is 0 Å². The lowest BCUT2D eigenvalue weighted by Gasteiger charge is -1.99. The quantitative estimate of drug-likeness (QED) is 0.644. The molecule has 0 aliphatic carbocycles. The molecule has 0 saturated carbocycles. The van der Waals surface area contributed by atoms with Gasteiger partial charge in [0, 0.05) is 0 Å². The second kappa shape index (κ2) is 12.9. The number of rotatable bonds is 6. The van der Waals surface area contributed by atoms with Gasteiger partial charge in [0.2, 0.25) is 0 Å². The van der Waals surface area contributed by atoms with Crippen LogP contribution in [0.3, 0.4) is 0 Å². The van der Waals surface area contributed by atoms with Gasteiger partial charge in [-0.3, -0.25) is 0 Å². The molecule has 1 heterocycles. The lowest BCUT2D eigenvalue weighted by molar-refractivity contribution is 0.611. The highest BCUT2D eigenvalue weighted by Gasteiger charge is 1.93. The molecule has 1 aliphatic heterocycles. The van der Waals surface area contributed by atoms with E-state index in [1.807, 2.05) is 0 Å². The maximum Gasteiger partial charge on any atom is -0.00484 e. The van der Waals surface area contributed by atoms with Crippen LogP contribution < -0.4 is 10.6 Å². The van der Waals surface area contributed by atoms with Gasteiger partial charge in [0.25, 0.3) is 0 Å². The molecule has 2 nitrogen and oxygen atoms in total. The molecule has 1 rings (SSSR count). The van der Waals surface area contributed by atoms with Gasteiger partial charge in [-0.05, 0) is 51.9 Å². The predicted octanol–water partition coefficient (Wildman–Crippen LogP) is 2.55. The zero-order valence-corrected chi connectivity index (χ0v) is 10.1. The summed E-state index contributed by atoms with van der Waals surface area (Å²) in [7, 11) is 0. The van der Waals surface area contributed by atoms with Gasteiger partial charge in [-0.2, -0.15) is 0 Å². The number of hydrogen-bond acceptors (Lipinski definition) is 2. The second-order valence-electron chi connectivity index (χ2n) is 3.91. The fourth-order valence-electron chi connectivity index (χ4n) is 1.35. The Balaban J connectivity index is 0.000000280. The minimum absolute atomic E-state index is 1.20. The highest BCUT2D eigenvalue weighted by atomic mass is 14.9. The topological polar surface area (TPSA) is 24.1 Å². The summed E-state index contributed by atoms with van der Waals surface area (Å²) in [5.41, 5.74) is 0. The first-order valence-corrected chi connectivity index (χ1v) is 6.33. The molecule has 1 aliphatic rings. The van der Waals surface area contributed by atoms with Gasteiger partial charge >= 0.3 is 0 Å². The molecule has 0 aromatic heterocycles. The third kappa shape index (κ3) is 11.9. The van der Waals surface area contributed by atoms with Crippen LogP contribution in [0.5, 0.6) is 0 Å². The molecule has 0 unspecified atom stereocenters. The van der Waals surface area contributed by atoms with Crippen molar-refractivity contribution in [2.75, 3.05) is 26.2 Å². The molecule has 0 radical (unpaired) electrons. The average molecular weight is 200 g/mol. The summed E-state index contributed by atoms with van der Waals surface area (Å²) in [6.45, 7) is 9.36. The maximum absolute atomic E-state index is 3.39. The Morgan fingerprint density at radius 3 is 1.71 bits per heavy atom. The summed E-state index contributed by atoms with van der Waals surface area (Å²) < 4.78 is 0. The van der Waals surface area contributed by atoms with Gasteiger partial charge in [-0.25, -0.2) is 0 Å². The average Bonchev–Trinajstić information content (AvgIpc) is 2.76. The molecule has 0 bridgehead atoms. The third-order valence-electron chi connectivity index (χ3n) is 2.37. The lowest BCUT2D eigenvalue weighted by atomic mass is 10.3. The molecule has 2 heteroatoms. The molecule has 0 spiro atoms. The molecule has 2 N–H and O–H groups in total. The van der Waals surface area contributed by atoms with E-state index in [1.54, 1.807) is 0 Å². The van der Waals surface area contributed by atoms with Gasteiger partial charge in [-0.1, -0.05) is 26.7 Å². The summed E-state index contributed by atoms with van der Waals surface area (Å²) >= 11 is 0. The van der Waals surface area contributed by atoms with E-state index in [2.05, 4.69) is 24.5 Å². The Kier molecular flexibility index (Phi) is 12.8. The van der Waals surface area contributed by atoms with Crippen LogP contribution in [0.15, 0.2) is 0 Å². The summed E-state index contributed by atoms with van der Waals surface area (Å²) in [4.78, 5) is 0. The number of unbranched alkanes of at least 4 members (excludes halogenated alkanes) is 2. The third-order valence-corrected chi connectivity index (χ3v) is 2.37. The molecular formula is C12H28N2. The summed E-state index contributed by atoms with van der Waals surface area (Å²) in [6, 6.07) is 0. The highest BCUT2D eigenvalue weighted by Crippen LogP contribution is 1.90. The van der Waals surface area contributed by atoms with Crippen molar-refractivity contribution in [2.24, 2.45) is 0 Å². The van der Waals surface area contributed by atoms with E-state index in [9.17, 15) is 0 Å². The molecule has 14 heavy (non-hydrogen) atoms. The summed E-state index contributed by atoms with van der Waals surface area (Å²) in [5, 5.41) is 6.61. The van der Waals surface area contributed by atoms with Crippen molar-refractivity contribution in [1.82, 2.24) is 10.6 Å². The van der Waals surface area contributed by atoms with Crippen LogP contribution in [0.2, 0.25) is 0 Å². The first-order valence-electron chi connectivity index (χ1n) is 6.33. The van der Waals surface area contributed by atoms with Crippen molar-refractivity contribution < 1.29 is 0 Å². The normalized spacial score (nSPS) is 15.0. The van der Waals surface area contributed by atoms with E-state index in [4.69, 9.17) is 0 Å². The first-order chi connectivity index (χ1) is 6.91. The fraction of sp³-hybridized carbons (Fsp3) is 1.00. The summed E-state index contributed by atoms with van der Waals surface area (Å²) in [5.74, 6) is 0. The van der Waals surface area contributed by atoms with E-state index in [0.29, 0.717) is 0 Å². The Bertz CT molecular complexity index is 76.7. The minimum Gasteiger partial charge on any atom is -0.317 e. The number of hydrogen-bond donors (Lipinski definition) is 2. The molecular weight excluding hydrogens is 172 g/mol. The van der Waals surface area contributed by atoms with Crippen LogP contribution in [-0.2, 0) is 0 Å². The second-order valence-corrected chi connectivity index (χ2v) is 3.91. The zero-order chi connectivity index (χ0) is 10.5. The lowest BCUT2D eigenvalue weighted by Crippen LogP contribution is -2.15. The van der Waals surface area contributed by atoms with E-state index in [-0.39, 0.29) is 0 Å². The van der Waals surface area contributed by atoms with Crippen molar-refractivity contribution in [2.45, 2.75) is 52.4 Å². The maximum atomic E-state index is 3.39. The first kappa shape index (κ1) is 13.9. The fourth-order valence-corrected chi connectivity index (χ4v) is 1.35. The largest absolute Gasteiger partial charge is 0.317 e. The van der Waals surface area contributed by atoms with E-state index in [1.165, 1.54) is 64.7 Å². The van der Waals surface area contributed by atoms with Crippen LogP contribution in [0.25, 0.3) is 0 Å². The highest BCUT2D eigenvalue weighted by molar-refractivity contribution is 4.55. The van der Waals surface area contributed by atoms with E-state index >= 15 is 0 Å². The minimum atomic E-state index is 1.20. The van der Waals surface area contributed by atoms with Gasteiger partial charge in [0.1, 0.15) is 0 Å². The molecule has 0 aromatic carbocycles. The number of nitrogens with one attached hydrogen (secondary N) is 2. The van der Waals surface area contributed by atoms with Crippen LogP contribution in [0.4, 0.5) is 0 Å². The van der Waals surface area contributed by atoms with Crippen LogP contribution in [0, 0.1) is 0 Å². The standard InChI is InChI=1S/C8H19N.C4H9N/c1-3-5-7-9-8-6-4-2;1-2-4-5-3-1/h9H,3-8H2,1-2H3;5H,1-4H2. The SMILES string of the molecule is C1CCNC1.CCCCNCCCC. The Morgan fingerprint density at radius 1 is 0.929 bits per heavy atom. The molecule has 0 aromatic rings. The van der Waals surface area contributed by atoms with E-state index in [0.717, 1.165) is 0 Å². The predicted molar refractivity (Wildman–Crippen MR) is 64.8 cm³/mol. The zero-order valence-electron chi connectivity index (χ0n) is 10.1. The van der Waals surface area contributed by atoms with Gasteiger partial charge in [0.05, 0.1) is 0 Å². The molecule has 1 fully saturated rings. The van der Waals surface area contributed by atoms with Gasteiger partial charge in [-0.15, -0.1) is 0 Å². The Morgan fingerprint density at radius 2 is 1.43 bits per heavy atom. The van der Waals surface area contributed by atoms with Crippen LogP contribution in [-0.4, -0.2) is 26.2 Å². The smallest absolute Gasteiger partial charge is 0.00484 e. The van der Waals surface area contributed by atoms with Crippen molar-refractivity contribution in [3.8, 4) is 0 Å². The van der Waals surface area contributed by atoms with Gasteiger partial charge < -0.3 is 10.6 Å². The van der Waals surface area contributed by atoms with Crippen LogP contribution in [0.1, 0.15) is 52.4 Å². The van der Waals surface area contributed by atoms with Crippen molar-refractivity contribution in [3.63, 3.8) is 0 Å². The Hall–Kier alpha value is -0.0800. The van der Waals surface area contributed by atoms with E-state index < -0.39 is 0 Å². The Labute approximate surface area is 89.9 Å². The monoisotopic (exact) mass is 200 g/mol. The molecule has 0 amide bonds. The molecule has 0 atom stereocenters. The molecule has 86 valence electrons. The van der Waals surface area contributed by atoms with Crippen molar-refractivity contribution in [3.05, 3.63) is 0 Å². The van der Waals surface area contributed by atoms with Gasteiger partial charge in [0.15, 0.2) is 0 Å². The molecule has 1 saturated heterocycles. The van der Waals surface area contributed by atoms with Crippen molar-refractivity contribution >= 4 is 0 Å². The van der Waals surface area contributed by atoms with Crippen LogP contribution >= 0.6 is 0 Å². The summed E-state index contributed by atoms with van der Waals surface area (Å²) in [6.07, 6.45) is 8.03.